The molecule has 3 heteroatoms. The number of hydrogen-bond donors (Lipinski definition) is 1. The largest absolute Gasteiger partial charge is 0.317 e. The normalized spacial score (nSPS) is 11.8. The van der Waals surface area contributed by atoms with Crippen molar-refractivity contribution < 1.29 is 8.78 Å². The molecule has 1 nitrogen and oxygen atoms in total. The molecule has 0 atom stereocenters. The smallest absolute Gasteiger partial charge is 0.129 e. The number of aryl methyl sites for hydroxylation is 1. The van der Waals surface area contributed by atoms with Crippen molar-refractivity contribution in [3.8, 4) is 0 Å². The summed E-state index contributed by atoms with van der Waals surface area (Å²) in [5, 5.41) is 3.30. The van der Waals surface area contributed by atoms with Gasteiger partial charge in [-0.25, -0.2) is 8.78 Å². The van der Waals surface area contributed by atoms with Crippen LogP contribution < -0.4 is 5.32 Å². The van der Waals surface area contributed by atoms with Crippen molar-refractivity contribution >= 4 is 0 Å². The van der Waals surface area contributed by atoms with Gasteiger partial charge in [-0.05, 0) is 49.4 Å². The van der Waals surface area contributed by atoms with Crippen molar-refractivity contribution in [3.05, 3.63) is 35.4 Å². The van der Waals surface area contributed by atoms with Crippen molar-refractivity contribution in [2.75, 3.05) is 13.1 Å². The summed E-state index contributed by atoms with van der Waals surface area (Å²) in [6.45, 7) is 8.41. The van der Waals surface area contributed by atoms with Crippen molar-refractivity contribution in [3.63, 3.8) is 0 Å². The molecule has 0 unspecified atom stereocenters. The molecule has 0 fully saturated rings. The van der Waals surface area contributed by atoms with Gasteiger partial charge in [0.25, 0.3) is 0 Å². The van der Waals surface area contributed by atoms with E-state index in [4.69, 9.17) is 0 Å². The second-order valence-corrected chi connectivity index (χ2v) is 5.50. The zero-order valence-electron chi connectivity index (χ0n) is 11.5. The molecule has 18 heavy (non-hydrogen) atoms. The first kappa shape index (κ1) is 15.1. The summed E-state index contributed by atoms with van der Waals surface area (Å²) in [5.74, 6) is -0.944. The Kier molecular flexibility index (Phi) is 5.73. The van der Waals surface area contributed by atoms with Gasteiger partial charge in [0, 0.05) is 6.07 Å². The fraction of sp³-hybridized carbons (Fsp3) is 0.600. The van der Waals surface area contributed by atoms with Crippen LogP contribution in [0.3, 0.4) is 0 Å². The van der Waals surface area contributed by atoms with Crippen molar-refractivity contribution in [1.29, 1.82) is 0 Å². The highest BCUT2D eigenvalue weighted by Gasteiger charge is 2.18. The maximum atomic E-state index is 13.5. The Morgan fingerprint density at radius 2 is 1.89 bits per heavy atom. The predicted molar refractivity (Wildman–Crippen MR) is 71.6 cm³/mol. The summed E-state index contributed by atoms with van der Waals surface area (Å²) in [4.78, 5) is 0. The minimum absolute atomic E-state index is 0.170. The first-order valence-corrected chi connectivity index (χ1v) is 6.59. The van der Waals surface area contributed by atoms with Crippen molar-refractivity contribution in [2.24, 2.45) is 5.41 Å². The van der Waals surface area contributed by atoms with Crippen LogP contribution in [0.2, 0.25) is 0 Å². The maximum Gasteiger partial charge on any atom is 0.129 e. The van der Waals surface area contributed by atoms with Crippen LogP contribution >= 0.6 is 0 Å². The Morgan fingerprint density at radius 3 is 2.50 bits per heavy atom. The summed E-state index contributed by atoms with van der Waals surface area (Å²) >= 11 is 0. The lowest BCUT2D eigenvalue weighted by Gasteiger charge is -2.24. The third-order valence-electron chi connectivity index (χ3n) is 3.31. The van der Waals surface area contributed by atoms with E-state index in [0.29, 0.717) is 12.0 Å². The van der Waals surface area contributed by atoms with Gasteiger partial charge in [-0.1, -0.05) is 26.8 Å². The quantitative estimate of drug-likeness (QED) is 0.728. The number of halogens is 2. The van der Waals surface area contributed by atoms with E-state index in [9.17, 15) is 8.78 Å². The monoisotopic (exact) mass is 255 g/mol. The maximum absolute atomic E-state index is 13.5. The third kappa shape index (κ3) is 5.13. The molecule has 0 spiro atoms. The highest BCUT2D eigenvalue weighted by molar-refractivity contribution is 5.18. The molecular weight excluding hydrogens is 232 g/mol. The van der Waals surface area contributed by atoms with Gasteiger partial charge in [0.15, 0.2) is 0 Å². The van der Waals surface area contributed by atoms with E-state index in [1.807, 2.05) is 0 Å². The molecule has 1 aromatic rings. The molecule has 1 aromatic carbocycles. The lowest BCUT2D eigenvalue weighted by molar-refractivity contribution is 0.302. The highest BCUT2D eigenvalue weighted by atomic mass is 19.1. The standard InChI is InChI=1S/C15H23F2N/c1-4-18-10-9-15(2,3)8-7-12-5-6-13(16)11-14(12)17/h5-6,11,18H,4,7-10H2,1-3H3. The lowest BCUT2D eigenvalue weighted by atomic mass is 9.83. The molecule has 0 heterocycles. The molecule has 0 aliphatic heterocycles. The summed E-state index contributed by atoms with van der Waals surface area (Å²) in [6.07, 6.45) is 2.62. The number of nitrogens with one attached hydrogen (secondary N) is 1. The second kappa shape index (κ2) is 6.83. The minimum atomic E-state index is -0.511. The molecule has 0 amide bonds. The van der Waals surface area contributed by atoms with Gasteiger partial charge in [-0.15, -0.1) is 0 Å². The van der Waals surface area contributed by atoms with Gasteiger partial charge in [-0.3, -0.25) is 0 Å². The van der Waals surface area contributed by atoms with E-state index in [-0.39, 0.29) is 5.41 Å². The van der Waals surface area contributed by atoms with E-state index < -0.39 is 11.6 Å². The topological polar surface area (TPSA) is 12.0 Å². The Bertz CT molecular complexity index is 375. The lowest BCUT2D eigenvalue weighted by Crippen LogP contribution is -2.22. The van der Waals surface area contributed by atoms with Crippen LogP contribution in [0.1, 0.15) is 39.2 Å². The fourth-order valence-electron chi connectivity index (χ4n) is 1.93. The Morgan fingerprint density at radius 1 is 1.17 bits per heavy atom. The first-order valence-electron chi connectivity index (χ1n) is 6.59. The SMILES string of the molecule is CCNCCC(C)(C)CCc1ccc(F)cc1F. The van der Waals surface area contributed by atoms with Crippen LogP contribution in [0.5, 0.6) is 0 Å². The van der Waals surface area contributed by atoms with Crippen molar-refractivity contribution in [2.45, 2.75) is 40.0 Å². The summed E-state index contributed by atoms with van der Waals surface area (Å²) in [7, 11) is 0. The molecule has 0 radical (unpaired) electrons. The average Bonchev–Trinajstić information content (AvgIpc) is 2.28. The van der Waals surface area contributed by atoms with Crippen LogP contribution in [0.4, 0.5) is 8.78 Å². The summed E-state index contributed by atoms with van der Waals surface area (Å²) in [6, 6.07) is 3.83. The molecular formula is C15H23F2N. The molecule has 0 aliphatic rings. The predicted octanol–water partition coefficient (Wildman–Crippen LogP) is 3.92. The van der Waals surface area contributed by atoms with Crippen LogP contribution in [0.25, 0.3) is 0 Å². The van der Waals surface area contributed by atoms with Gasteiger partial charge < -0.3 is 5.32 Å². The Hall–Kier alpha value is -0.960. The zero-order chi connectivity index (χ0) is 13.6. The van der Waals surface area contributed by atoms with E-state index in [1.165, 1.54) is 6.07 Å². The fourth-order valence-corrected chi connectivity index (χ4v) is 1.93. The summed E-state index contributed by atoms with van der Waals surface area (Å²) in [5.41, 5.74) is 0.774. The molecule has 1 rings (SSSR count). The zero-order valence-corrected chi connectivity index (χ0v) is 11.5. The molecule has 0 bridgehead atoms. The molecule has 0 aromatic heterocycles. The van der Waals surface area contributed by atoms with E-state index >= 15 is 0 Å². The van der Waals surface area contributed by atoms with E-state index in [0.717, 1.165) is 32.0 Å². The van der Waals surface area contributed by atoms with Crippen LogP contribution in [0.15, 0.2) is 18.2 Å². The first-order chi connectivity index (χ1) is 8.44. The molecule has 102 valence electrons. The second-order valence-electron chi connectivity index (χ2n) is 5.50. The van der Waals surface area contributed by atoms with Crippen LogP contribution in [0, 0.1) is 17.0 Å². The number of benzene rings is 1. The van der Waals surface area contributed by atoms with Crippen LogP contribution in [-0.4, -0.2) is 13.1 Å². The highest BCUT2D eigenvalue weighted by Crippen LogP contribution is 2.27. The summed E-state index contributed by atoms with van der Waals surface area (Å²) < 4.78 is 26.3. The van der Waals surface area contributed by atoms with Gasteiger partial charge in [-0.2, -0.15) is 0 Å². The number of rotatable bonds is 7. The molecule has 0 saturated carbocycles. The Balaban J connectivity index is 2.48. The Labute approximate surface area is 109 Å². The van der Waals surface area contributed by atoms with Gasteiger partial charge >= 0.3 is 0 Å². The molecule has 0 aliphatic carbocycles. The molecule has 0 saturated heterocycles. The third-order valence-corrected chi connectivity index (χ3v) is 3.31. The van der Waals surface area contributed by atoms with Crippen molar-refractivity contribution in [1.82, 2.24) is 5.32 Å². The molecule has 1 N–H and O–H groups in total. The van der Waals surface area contributed by atoms with Gasteiger partial charge in [0.05, 0.1) is 0 Å². The van der Waals surface area contributed by atoms with Crippen LogP contribution in [-0.2, 0) is 6.42 Å². The van der Waals surface area contributed by atoms with Gasteiger partial charge in [0.2, 0.25) is 0 Å². The minimum Gasteiger partial charge on any atom is -0.317 e. The van der Waals surface area contributed by atoms with E-state index in [2.05, 4.69) is 26.1 Å². The van der Waals surface area contributed by atoms with E-state index in [1.54, 1.807) is 6.07 Å². The number of hydrogen-bond acceptors (Lipinski definition) is 1. The average molecular weight is 255 g/mol. The van der Waals surface area contributed by atoms with Gasteiger partial charge in [0.1, 0.15) is 11.6 Å².